The molecular formula is C44H72N4O7. The fourth-order valence-electron chi connectivity index (χ4n) is 7.68. The molecule has 0 radical (unpaired) electrons. The lowest BCUT2D eigenvalue weighted by Gasteiger charge is -2.28. The number of nitrogens with zero attached hydrogens (tertiary/aromatic N) is 1. The number of ketones is 3. The first-order valence-electron chi connectivity index (χ1n) is 21.1. The zero-order chi connectivity index (χ0) is 40.8. The molecule has 1 fully saturated rings. The highest BCUT2D eigenvalue weighted by Crippen LogP contribution is 2.31. The summed E-state index contributed by atoms with van der Waals surface area (Å²) in [6.45, 7) is 14.1. The van der Waals surface area contributed by atoms with Gasteiger partial charge in [0.15, 0.2) is 11.6 Å². The summed E-state index contributed by atoms with van der Waals surface area (Å²) in [4.78, 5) is 83.2. The van der Waals surface area contributed by atoms with Crippen LogP contribution in [0.15, 0.2) is 30.3 Å². The smallest absolute Gasteiger partial charge is 0.225 e. The summed E-state index contributed by atoms with van der Waals surface area (Å²) in [6, 6.07) is 7.77. The van der Waals surface area contributed by atoms with Crippen molar-refractivity contribution in [3.63, 3.8) is 0 Å². The molecule has 11 heteroatoms. The number of hydrogen-bond donors (Lipinski definition) is 4. The maximum Gasteiger partial charge on any atom is 0.225 e. The Labute approximate surface area is 330 Å². The van der Waals surface area contributed by atoms with Gasteiger partial charge in [-0.15, -0.1) is 0 Å². The Morgan fingerprint density at radius 2 is 1.38 bits per heavy atom. The lowest BCUT2D eigenvalue weighted by atomic mass is 9.80. The van der Waals surface area contributed by atoms with Gasteiger partial charge in [-0.2, -0.15) is 0 Å². The maximum absolute atomic E-state index is 14.2. The summed E-state index contributed by atoms with van der Waals surface area (Å²) < 4.78 is 0. The van der Waals surface area contributed by atoms with Crippen LogP contribution >= 0.6 is 0 Å². The van der Waals surface area contributed by atoms with Gasteiger partial charge in [0.1, 0.15) is 5.78 Å². The average molecular weight is 769 g/mol. The SMILES string of the molecule is CCNC(=O)[C@H](CO)CC(=O)[C@H](CCCCN(CC)CC)NC(=O)[C@@H](CC(=O)[C@H](C)NC(=O)[C@@H](CC(=O)CC(C)C)Cc1ccccc1)CC1CCCCC1. The predicted octanol–water partition coefficient (Wildman–Crippen LogP) is 5.60. The third kappa shape index (κ3) is 18.4. The number of hydrogen-bond acceptors (Lipinski definition) is 8. The number of rotatable bonds is 28. The number of benzene rings is 1. The minimum absolute atomic E-state index is 0.00253. The van der Waals surface area contributed by atoms with Crippen molar-refractivity contribution in [1.82, 2.24) is 20.9 Å². The van der Waals surface area contributed by atoms with E-state index in [0.717, 1.165) is 63.7 Å². The molecule has 3 amide bonds. The fraction of sp³-hybridized carbons (Fsp3) is 0.727. The van der Waals surface area contributed by atoms with Crippen LogP contribution in [0.1, 0.15) is 131 Å². The molecule has 5 atom stereocenters. The summed E-state index contributed by atoms with van der Waals surface area (Å²) in [5, 5.41) is 18.5. The van der Waals surface area contributed by atoms with Gasteiger partial charge < -0.3 is 26.0 Å². The van der Waals surface area contributed by atoms with Crippen molar-refractivity contribution in [2.75, 3.05) is 32.8 Å². The van der Waals surface area contributed by atoms with Crippen molar-refractivity contribution in [3.05, 3.63) is 35.9 Å². The van der Waals surface area contributed by atoms with E-state index in [9.17, 15) is 33.9 Å². The van der Waals surface area contributed by atoms with E-state index in [1.807, 2.05) is 44.2 Å². The minimum Gasteiger partial charge on any atom is -0.396 e. The van der Waals surface area contributed by atoms with Crippen molar-refractivity contribution in [2.45, 2.75) is 144 Å². The van der Waals surface area contributed by atoms with Crippen molar-refractivity contribution in [2.24, 2.45) is 29.6 Å². The first-order valence-corrected chi connectivity index (χ1v) is 21.1. The van der Waals surface area contributed by atoms with E-state index < -0.39 is 42.4 Å². The fourth-order valence-corrected chi connectivity index (χ4v) is 7.68. The van der Waals surface area contributed by atoms with Crippen LogP contribution in [-0.4, -0.2) is 89.9 Å². The van der Waals surface area contributed by atoms with Gasteiger partial charge in [-0.3, -0.25) is 28.8 Å². The van der Waals surface area contributed by atoms with Crippen LogP contribution in [0.3, 0.4) is 0 Å². The summed E-state index contributed by atoms with van der Waals surface area (Å²) in [5.41, 5.74) is 0.927. The Bertz CT molecular complexity index is 1330. The highest BCUT2D eigenvalue weighted by Gasteiger charge is 2.33. The van der Waals surface area contributed by atoms with Gasteiger partial charge >= 0.3 is 0 Å². The number of aliphatic hydroxyl groups excluding tert-OH is 1. The molecule has 1 aromatic carbocycles. The Morgan fingerprint density at radius 3 is 1.98 bits per heavy atom. The first kappa shape index (κ1) is 47.7. The van der Waals surface area contributed by atoms with Crippen LogP contribution in [-0.2, 0) is 35.2 Å². The zero-order valence-electron chi connectivity index (χ0n) is 34.7. The Balaban J connectivity index is 2.26. The van der Waals surface area contributed by atoms with Gasteiger partial charge in [0.25, 0.3) is 0 Å². The molecule has 0 bridgehead atoms. The van der Waals surface area contributed by atoms with Gasteiger partial charge in [0.05, 0.1) is 24.6 Å². The second kappa shape index (κ2) is 26.4. The highest BCUT2D eigenvalue weighted by atomic mass is 16.3. The molecule has 11 nitrogen and oxygen atoms in total. The largest absolute Gasteiger partial charge is 0.396 e. The van der Waals surface area contributed by atoms with Crippen LogP contribution in [0.2, 0.25) is 0 Å². The molecule has 0 aliphatic heterocycles. The molecule has 4 N–H and O–H groups in total. The lowest BCUT2D eigenvalue weighted by Crippen LogP contribution is -2.47. The van der Waals surface area contributed by atoms with Gasteiger partial charge in [0, 0.05) is 44.1 Å². The molecule has 1 aliphatic carbocycles. The molecule has 1 saturated carbocycles. The van der Waals surface area contributed by atoms with E-state index in [1.54, 1.807) is 13.8 Å². The van der Waals surface area contributed by atoms with Crippen molar-refractivity contribution in [3.8, 4) is 0 Å². The van der Waals surface area contributed by atoms with Crippen molar-refractivity contribution < 1.29 is 33.9 Å². The molecule has 2 rings (SSSR count). The van der Waals surface area contributed by atoms with Crippen molar-refractivity contribution >= 4 is 35.1 Å². The molecule has 310 valence electrons. The lowest BCUT2D eigenvalue weighted by molar-refractivity contribution is -0.136. The van der Waals surface area contributed by atoms with Crippen LogP contribution in [0, 0.1) is 29.6 Å². The summed E-state index contributed by atoms with van der Waals surface area (Å²) >= 11 is 0. The zero-order valence-corrected chi connectivity index (χ0v) is 34.7. The summed E-state index contributed by atoms with van der Waals surface area (Å²) in [7, 11) is 0. The van der Waals surface area contributed by atoms with Gasteiger partial charge in [-0.25, -0.2) is 0 Å². The molecule has 1 aromatic rings. The number of aliphatic hydroxyl groups is 1. The van der Waals surface area contributed by atoms with E-state index in [1.165, 1.54) is 0 Å². The highest BCUT2D eigenvalue weighted by molar-refractivity contribution is 5.96. The quantitative estimate of drug-likeness (QED) is 0.0802. The van der Waals surface area contributed by atoms with E-state index in [0.29, 0.717) is 38.6 Å². The van der Waals surface area contributed by atoms with Gasteiger partial charge in [0.2, 0.25) is 17.7 Å². The van der Waals surface area contributed by atoms with Gasteiger partial charge in [-0.1, -0.05) is 90.1 Å². The number of Topliss-reactive ketones (excluding diaryl/α,β-unsaturated/α-hetero) is 3. The van der Waals surface area contributed by atoms with E-state index >= 15 is 0 Å². The predicted molar refractivity (Wildman–Crippen MR) is 217 cm³/mol. The van der Waals surface area contributed by atoms with Crippen LogP contribution < -0.4 is 16.0 Å². The third-order valence-electron chi connectivity index (χ3n) is 11.0. The van der Waals surface area contributed by atoms with E-state index in [2.05, 4.69) is 34.7 Å². The number of nitrogens with one attached hydrogen (secondary N) is 3. The van der Waals surface area contributed by atoms with Crippen LogP contribution in [0.25, 0.3) is 0 Å². The standard InChI is InChI=1S/C44H72N4O7/c1-7-45-42(53)37(30-49)29-41(52)39(22-16-17-23-48(8-2)9-3)47-44(55)36(26-34-20-14-11-15-21-34)28-40(51)32(6)46-43(54)35(27-38(50)24-31(4)5)25-33-18-12-10-13-19-33/h10,12-13,18-19,31-32,34-37,39,49H,7-9,11,14-17,20-30H2,1-6H3,(H,45,53)(H,46,54)(H,47,55)/t32-,35+,36+,37-,39-/m0/s1. The second-order valence-corrected chi connectivity index (χ2v) is 16.1. The number of carbonyl (C=O) groups is 6. The monoisotopic (exact) mass is 769 g/mol. The molecule has 0 spiro atoms. The van der Waals surface area contributed by atoms with E-state index in [4.69, 9.17) is 0 Å². The molecule has 0 saturated heterocycles. The van der Waals surface area contributed by atoms with Crippen molar-refractivity contribution in [1.29, 1.82) is 0 Å². The molecule has 1 aliphatic rings. The molecule has 55 heavy (non-hydrogen) atoms. The Morgan fingerprint density at radius 1 is 0.745 bits per heavy atom. The molecule has 0 aromatic heterocycles. The van der Waals surface area contributed by atoms with Crippen LogP contribution in [0.4, 0.5) is 0 Å². The molecular weight excluding hydrogens is 697 g/mol. The average Bonchev–Trinajstić information content (AvgIpc) is 3.16. The summed E-state index contributed by atoms with van der Waals surface area (Å²) in [5.74, 6) is -3.57. The first-order chi connectivity index (χ1) is 26.3. The Kier molecular flexibility index (Phi) is 22.9. The minimum atomic E-state index is -0.919. The second-order valence-electron chi connectivity index (χ2n) is 16.1. The van der Waals surface area contributed by atoms with Gasteiger partial charge in [-0.05, 0) is 83.0 Å². The Hall–Kier alpha value is -3.44. The topological polar surface area (TPSA) is 162 Å². The van der Waals surface area contributed by atoms with E-state index in [-0.39, 0.29) is 60.3 Å². The normalized spacial score (nSPS) is 16.2. The molecule has 0 unspecified atom stereocenters. The third-order valence-corrected chi connectivity index (χ3v) is 11.0. The van der Waals surface area contributed by atoms with Crippen LogP contribution in [0.5, 0.6) is 0 Å². The number of amides is 3. The number of unbranched alkanes of at least 4 members (excludes halogenated alkanes) is 1. The summed E-state index contributed by atoms with van der Waals surface area (Å²) in [6.07, 6.45) is 8.10. The maximum atomic E-state index is 14.2. The molecule has 0 heterocycles. The number of carbonyl (C=O) groups excluding carboxylic acids is 6.